The fraction of sp³-hybridized carbons (Fsp3) is 0.350. The molecule has 6 nitrogen and oxygen atoms in total. The Morgan fingerprint density at radius 2 is 1.79 bits per heavy atom. The molecule has 0 amide bonds. The van der Waals surface area contributed by atoms with Crippen molar-refractivity contribution >= 4 is 16.6 Å². The van der Waals surface area contributed by atoms with Gasteiger partial charge in [0.25, 0.3) is 0 Å². The van der Waals surface area contributed by atoms with Gasteiger partial charge in [0.05, 0.1) is 17.8 Å². The SMILES string of the molecule is CC1CN(c2nnc(-c3ccc(C(F)(F)F)cc3O)c3ccncc23)CC(C)O1. The summed E-state index contributed by atoms with van der Waals surface area (Å²) in [4.78, 5) is 6.23. The molecule has 9 heteroatoms. The number of hydrogen-bond acceptors (Lipinski definition) is 6. The van der Waals surface area contributed by atoms with Crippen molar-refractivity contribution in [1.82, 2.24) is 15.2 Å². The number of rotatable bonds is 2. The first-order valence-corrected chi connectivity index (χ1v) is 9.15. The molecule has 1 N–H and O–H groups in total. The lowest BCUT2D eigenvalue weighted by atomic mass is 10.0. The van der Waals surface area contributed by atoms with Gasteiger partial charge in [-0.2, -0.15) is 13.2 Å². The van der Waals surface area contributed by atoms with Crippen molar-refractivity contribution in [2.75, 3.05) is 18.0 Å². The molecule has 3 heterocycles. The Bertz CT molecular complexity index is 1050. The van der Waals surface area contributed by atoms with E-state index >= 15 is 0 Å². The van der Waals surface area contributed by atoms with E-state index in [0.717, 1.165) is 6.07 Å². The van der Waals surface area contributed by atoms with Crippen molar-refractivity contribution < 1.29 is 23.0 Å². The van der Waals surface area contributed by atoms with Gasteiger partial charge in [-0.1, -0.05) is 0 Å². The second kappa shape index (κ2) is 7.14. The summed E-state index contributed by atoms with van der Waals surface area (Å²) in [6, 6.07) is 4.54. The largest absolute Gasteiger partial charge is 0.507 e. The molecule has 2 unspecified atom stereocenters. The van der Waals surface area contributed by atoms with Crippen LogP contribution in [-0.2, 0) is 10.9 Å². The number of alkyl halides is 3. The molecule has 3 aromatic rings. The van der Waals surface area contributed by atoms with E-state index in [1.165, 1.54) is 6.07 Å². The second-order valence-corrected chi connectivity index (χ2v) is 7.19. The lowest BCUT2D eigenvalue weighted by Gasteiger charge is -2.36. The summed E-state index contributed by atoms with van der Waals surface area (Å²) in [5.41, 5.74) is -0.450. The molecular weight excluding hydrogens is 385 g/mol. The van der Waals surface area contributed by atoms with Crippen LogP contribution in [0.2, 0.25) is 0 Å². The Kier molecular flexibility index (Phi) is 4.77. The second-order valence-electron chi connectivity index (χ2n) is 7.19. The van der Waals surface area contributed by atoms with Crippen LogP contribution in [0.15, 0.2) is 36.7 Å². The first-order chi connectivity index (χ1) is 13.7. The van der Waals surface area contributed by atoms with Gasteiger partial charge in [0, 0.05) is 41.8 Å². The minimum atomic E-state index is -4.54. The van der Waals surface area contributed by atoms with Crippen molar-refractivity contribution in [3.8, 4) is 17.0 Å². The smallest absolute Gasteiger partial charge is 0.416 e. The molecule has 1 aliphatic rings. The summed E-state index contributed by atoms with van der Waals surface area (Å²) in [7, 11) is 0. The fourth-order valence-corrected chi connectivity index (χ4v) is 3.68. The van der Waals surface area contributed by atoms with Crippen molar-refractivity contribution in [3.05, 3.63) is 42.2 Å². The number of phenols is 1. The van der Waals surface area contributed by atoms with Crippen LogP contribution >= 0.6 is 0 Å². The number of halogens is 3. The predicted octanol–water partition coefficient (Wildman–Crippen LogP) is 4.03. The molecule has 1 aromatic carbocycles. The number of aromatic nitrogens is 3. The number of hydrogen-bond donors (Lipinski definition) is 1. The molecule has 0 aliphatic carbocycles. The Labute approximate surface area is 165 Å². The lowest BCUT2D eigenvalue weighted by Crippen LogP contribution is -2.46. The Balaban J connectivity index is 1.82. The number of benzene rings is 1. The molecule has 29 heavy (non-hydrogen) atoms. The van der Waals surface area contributed by atoms with Gasteiger partial charge in [-0.05, 0) is 38.1 Å². The Morgan fingerprint density at radius 3 is 2.45 bits per heavy atom. The summed E-state index contributed by atoms with van der Waals surface area (Å²) in [6.45, 7) is 5.22. The first kappa shape index (κ1) is 19.4. The number of morpholine rings is 1. The van der Waals surface area contributed by atoms with Crippen molar-refractivity contribution in [1.29, 1.82) is 0 Å². The zero-order chi connectivity index (χ0) is 20.8. The van der Waals surface area contributed by atoms with Crippen LogP contribution < -0.4 is 4.90 Å². The molecule has 0 bridgehead atoms. The number of nitrogens with zero attached hydrogens (tertiary/aromatic N) is 4. The number of fused-ring (bicyclic) bond motifs is 1. The average Bonchev–Trinajstić information content (AvgIpc) is 2.66. The van der Waals surface area contributed by atoms with Gasteiger partial charge in [0.1, 0.15) is 11.4 Å². The van der Waals surface area contributed by atoms with Crippen LogP contribution in [0.25, 0.3) is 22.0 Å². The van der Waals surface area contributed by atoms with Crippen LogP contribution in [0, 0.1) is 0 Å². The minimum Gasteiger partial charge on any atom is -0.507 e. The third-order valence-corrected chi connectivity index (χ3v) is 4.86. The van der Waals surface area contributed by atoms with Crippen LogP contribution in [0.3, 0.4) is 0 Å². The Morgan fingerprint density at radius 1 is 1.07 bits per heavy atom. The molecule has 0 saturated carbocycles. The fourth-order valence-electron chi connectivity index (χ4n) is 3.68. The highest BCUT2D eigenvalue weighted by atomic mass is 19.4. The highest BCUT2D eigenvalue weighted by molar-refractivity contribution is 6.00. The van der Waals surface area contributed by atoms with E-state index in [1.807, 2.05) is 13.8 Å². The van der Waals surface area contributed by atoms with Gasteiger partial charge < -0.3 is 14.7 Å². The van der Waals surface area contributed by atoms with E-state index in [9.17, 15) is 18.3 Å². The summed E-state index contributed by atoms with van der Waals surface area (Å²) in [5, 5.41) is 20.2. The lowest BCUT2D eigenvalue weighted by molar-refractivity contribution is -0.137. The topological polar surface area (TPSA) is 71.4 Å². The number of pyridine rings is 1. The maximum Gasteiger partial charge on any atom is 0.416 e. The normalized spacial score (nSPS) is 20.2. The van der Waals surface area contributed by atoms with E-state index in [4.69, 9.17) is 4.74 Å². The third-order valence-electron chi connectivity index (χ3n) is 4.86. The monoisotopic (exact) mass is 404 g/mol. The number of phenolic OH excluding ortho intramolecular Hbond substituents is 1. The summed E-state index contributed by atoms with van der Waals surface area (Å²) in [5.74, 6) is 0.124. The van der Waals surface area contributed by atoms with E-state index in [-0.39, 0.29) is 17.8 Å². The van der Waals surface area contributed by atoms with Crippen molar-refractivity contribution in [2.45, 2.75) is 32.2 Å². The van der Waals surface area contributed by atoms with Crippen LogP contribution in [0.5, 0.6) is 5.75 Å². The summed E-state index contributed by atoms with van der Waals surface area (Å²) in [6.07, 6.45) is -1.28. The van der Waals surface area contributed by atoms with Crippen molar-refractivity contribution in [2.24, 2.45) is 0 Å². The van der Waals surface area contributed by atoms with Crippen LogP contribution in [0.1, 0.15) is 19.4 Å². The predicted molar refractivity (Wildman–Crippen MR) is 102 cm³/mol. The minimum absolute atomic E-state index is 0.0194. The molecule has 0 radical (unpaired) electrons. The number of anilines is 1. The van der Waals surface area contributed by atoms with E-state index in [2.05, 4.69) is 20.1 Å². The maximum absolute atomic E-state index is 12.9. The molecule has 1 fully saturated rings. The van der Waals surface area contributed by atoms with E-state index in [0.29, 0.717) is 41.4 Å². The highest BCUT2D eigenvalue weighted by Gasteiger charge is 2.32. The Hall–Kier alpha value is -2.94. The molecule has 4 rings (SSSR count). The number of ether oxygens (including phenoxy) is 1. The van der Waals surface area contributed by atoms with Gasteiger partial charge in [-0.15, -0.1) is 10.2 Å². The van der Waals surface area contributed by atoms with Gasteiger partial charge in [0.15, 0.2) is 5.82 Å². The van der Waals surface area contributed by atoms with Gasteiger partial charge in [-0.25, -0.2) is 0 Å². The van der Waals surface area contributed by atoms with E-state index < -0.39 is 17.5 Å². The van der Waals surface area contributed by atoms with Crippen LogP contribution in [-0.4, -0.2) is 45.6 Å². The molecule has 2 aromatic heterocycles. The molecule has 152 valence electrons. The zero-order valence-electron chi connectivity index (χ0n) is 15.8. The van der Waals surface area contributed by atoms with Gasteiger partial charge in [-0.3, -0.25) is 4.98 Å². The van der Waals surface area contributed by atoms with Crippen LogP contribution in [0.4, 0.5) is 19.0 Å². The number of aromatic hydroxyl groups is 1. The van der Waals surface area contributed by atoms with Gasteiger partial charge in [0.2, 0.25) is 0 Å². The van der Waals surface area contributed by atoms with Crippen molar-refractivity contribution in [3.63, 3.8) is 0 Å². The summed E-state index contributed by atoms with van der Waals surface area (Å²) < 4.78 is 44.5. The molecule has 1 saturated heterocycles. The molecule has 1 aliphatic heterocycles. The molecule has 2 atom stereocenters. The van der Waals surface area contributed by atoms with Gasteiger partial charge >= 0.3 is 6.18 Å². The highest BCUT2D eigenvalue weighted by Crippen LogP contribution is 2.39. The quantitative estimate of drug-likeness (QED) is 0.695. The average molecular weight is 404 g/mol. The maximum atomic E-state index is 12.9. The molecule has 0 spiro atoms. The standard InChI is InChI=1S/C20H19F3N4O2/c1-11-9-27(10-12(2)29-11)19-16-8-24-6-5-14(16)18(25-26-19)15-4-3-13(7-17(15)28)20(21,22)23/h3-8,11-12,28H,9-10H2,1-2H3. The molecular formula is C20H19F3N4O2. The third kappa shape index (κ3) is 3.69. The summed E-state index contributed by atoms with van der Waals surface area (Å²) >= 11 is 0. The zero-order valence-corrected chi connectivity index (χ0v) is 15.8. The van der Waals surface area contributed by atoms with E-state index in [1.54, 1.807) is 18.5 Å². The first-order valence-electron chi connectivity index (χ1n) is 9.15.